The summed E-state index contributed by atoms with van der Waals surface area (Å²) in [5.74, 6) is -0.0284. The second-order valence-corrected chi connectivity index (χ2v) is 4.00. The molecule has 0 saturated carbocycles. The number of carbonyl (C=O) groups is 1. The first-order valence-electron chi connectivity index (χ1n) is 4.46. The second-order valence-electron chi connectivity index (χ2n) is 3.02. The van der Waals surface area contributed by atoms with Gasteiger partial charge in [-0.25, -0.2) is 4.79 Å². The van der Waals surface area contributed by atoms with Crippen molar-refractivity contribution >= 4 is 17.7 Å². The summed E-state index contributed by atoms with van der Waals surface area (Å²) in [5.41, 5.74) is 4.32. The van der Waals surface area contributed by atoms with Crippen molar-refractivity contribution in [3.05, 3.63) is 12.3 Å². The average molecular weight is 235 g/mol. The highest BCUT2D eigenvalue weighted by atomic mass is 32.2. The quantitative estimate of drug-likeness (QED) is 0.406. The minimum Gasteiger partial charge on any atom is -0.433 e. The standard InChI is InChI=1S/C9H17NO4S/c1-15-6-3-9(10,7-12)8(13)14-5-2-4-11/h2,5,11-12H,3-4,6-7,10H2,1H3/b5-2+. The Morgan fingerprint density at radius 2 is 2.27 bits per heavy atom. The first-order valence-corrected chi connectivity index (χ1v) is 5.85. The summed E-state index contributed by atoms with van der Waals surface area (Å²) >= 11 is 1.53. The SMILES string of the molecule is CSCCC(N)(CO)C(=O)O/C=C/CO. The van der Waals surface area contributed by atoms with E-state index in [-0.39, 0.29) is 6.61 Å². The molecular weight excluding hydrogens is 218 g/mol. The topological polar surface area (TPSA) is 92.8 Å². The van der Waals surface area contributed by atoms with E-state index in [9.17, 15) is 4.79 Å². The monoisotopic (exact) mass is 235 g/mol. The van der Waals surface area contributed by atoms with E-state index >= 15 is 0 Å². The van der Waals surface area contributed by atoms with Gasteiger partial charge < -0.3 is 20.7 Å². The number of rotatable bonds is 7. The maximum atomic E-state index is 11.4. The van der Waals surface area contributed by atoms with Crippen LogP contribution in [0.15, 0.2) is 12.3 Å². The summed E-state index contributed by atoms with van der Waals surface area (Å²) in [6.45, 7) is -0.672. The number of aliphatic hydroxyl groups excluding tert-OH is 2. The summed E-state index contributed by atoms with van der Waals surface area (Å²) in [7, 11) is 0. The molecule has 0 heterocycles. The van der Waals surface area contributed by atoms with Gasteiger partial charge in [-0.05, 0) is 24.5 Å². The van der Waals surface area contributed by atoms with Gasteiger partial charge in [0.15, 0.2) is 0 Å². The zero-order valence-electron chi connectivity index (χ0n) is 8.68. The smallest absolute Gasteiger partial charge is 0.333 e. The van der Waals surface area contributed by atoms with E-state index in [1.807, 2.05) is 6.26 Å². The Labute approximate surface area is 93.3 Å². The van der Waals surface area contributed by atoms with Gasteiger partial charge in [0.1, 0.15) is 5.54 Å². The third-order valence-corrected chi connectivity index (χ3v) is 2.43. The Bertz CT molecular complexity index is 222. The van der Waals surface area contributed by atoms with Crippen molar-refractivity contribution in [1.29, 1.82) is 0 Å². The van der Waals surface area contributed by atoms with Crippen molar-refractivity contribution in [1.82, 2.24) is 0 Å². The zero-order chi connectivity index (χ0) is 11.7. The van der Waals surface area contributed by atoms with Crippen LogP contribution in [0, 0.1) is 0 Å². The van der Waals surface area contributed by atoms with Gasteiger partial charge in [-0.3, -0.25) is 0 Å². The van der Waals surface area contributed by atoms with Gasteiger partial charge in [0.25, 0.3) is 0 Å². The number of carbonyl (C=O) groups excluding carboxylic acids is 1. The summed E-state index contributed by atoms with van der Waals surface area (Å²) in [6.07, 6.45) is 4.56. The van der Waals surface area contributed by atoms with E-state index in [2.05, 4.69) is 4.74 Å². The Morgan fingerprint density at radius 3 is 2.73 bits per heavy atom. The van der Waals surface area contributed by atoms with Crippen LogP contribution in [0.25, 0.3) is 0 Å². The lowest BCUT2D eigenvalue weighted by Crippen LogP contribution is -2.52. The molecule has 1 atom stereocenters. The minimum atomic E-state index is -1.36. The van der Waals surface area contributed by atoms with Crippen LogP contribution in [0.3, 0.4) is 0 Å². The third-order valence-electron chi connectivity index (χ3n) is 1.82. The predicted octanol–water partition coefficient (Wildman–Crippen LogP) is -0.522. The lowest BCUT2D eigenvalue weighted by atomic mass is 9.99. The molecule has 0 fully saturated rings. The Kier molecular flexibility index (Phi) is 7.41. The summed E-state index contributed by atoms with van der Waals surface area (Å²) in [6, 6.07) is 0. The van der Waals surface area contributed by atoms with Crippen LogP contribution < -0.4 is 5.73 Å². The number of hydrogen-bond donors (Lipinski definition) is 3. The van der Waals surface area contributed by atoms with Crippen LogP contribution in [-0.2, 0) is 9.53 Å². The van der Waals surface area contributed by atoms with Crippen molar-refractivity contribution in [2.24, 2.45) is 5.73 Å². The molecule has 1 unspecified atom stereocenters. The average Bonchev–Trinajstić information content (AvgIpc) is 2.26. The first kappa shape index (κ1) is 14.4. The molecule has 15 heavy (non-hydrogen) atoms. The highest BCUT2D eigenvalue weighted by molar-refractivity contribution is 7.98. The summed E-state index contributed by atoms with van der Waals surface area (Å²) in [4.78, 5) is 11.4. The third kappa shape index (κ3) is 5.17. The lowest BCUT2D eigenvalue weighted by molar-refractivity contribution is -0.146. The number of nitrogens with two attached hydrogens (primary N) is 1. The fourth-order valence-electron chi connectivity index (χ4n) is 0.800. The molecule has 0 saturated heterocycles. The predicted molar refractivity (Wildman–Crippen MR) is 59.3 cm³/mol. The van der Waals surface area contributed by atoms with Crippen molar-refractivity contribution in [3.63, 3.8) is 0 Å². The molecule has 4 N–H and O–H groups in total. The number of hydrogen-bond acceptors (Lipinski definition) is 6. The second kappa shape index (κ2) is 7.70. The molecule has 6 heteroatoms. The maximum Gasteiger partial charge on any atom is 0.333 e. The number of thioether (sulfide) groups is 1. The zero-order valence-corrected chi connectivity index (χ0v) is 9.50. The molecule has 0 aromatic rings. The molecule has 0 aliphatic heterocycles. The first-order chi connectivity index (χ1) is 7.10. The van der Waals surface area contributed by atoms with E-state index in [4.69, 9.17) is 15.9 Å². The van der Waals surface area contributed by atoms with Gasteiger partial charge in [-0.2, -0.15) is 11.8 Å². The van der Waals surface area contributed by atoms with Gasteiger partial charge in [-0.15, -0.1) is 0 Å². The molecule has 0 aliphatic carbocycles. The van der Waals surface area contributed by atoms with Crippen LogP contribution in [0.4, 0.5) is 0 Å². The molecule has 0 rings (SSSR count). The summed E-state index contributed by atoms with van der Waals surface area (Å²) in [5, 5.41) is 17.4. The fourth-order valence-corrected chi connectivity index (χ4v) is 1.37. The Morgan fingerprint density at radius 1 is 1.60 bits per heavy atom. The van der Waals surface area contributed by atoms with Crippen LogP contribution >= 0.6 is 11.8 Å². The molecule has 0 aromatic carbocycles. The largest absolute Gasteiger partial charge is 0.433 e. The minimum absolute atomic E-state index is 0.214. The van der Waals surface area contributed by atoms with Crippen molar-refractivity contribution in [3.8, 4) is 0 Å². The van der Waals surface area contributed by atoms with Crippen molar-refractivity contribution < 1.29 is 19.7 Å². The van der Waals surface area contributed by atoms with Crippen LogP contribution in [0.1, 0.15) is 6.42 Å². The summed E-state index contributed by atoms with van der Waals surface area (Å²) < 4.78 is 4.66. The normalized spacial score (nSPS) is 15.2. The molecule has 0 aromatic heterocycles. The van der Waals surface area contributed by atoms with E-state index < -0.39 is 18.1 Å². The number of aliphatic hydroxyl groups is 2. The molecule has 0 radical (unpaired) electrons. The van der Waals surface area contributed by atoms with E-state index in [1.54, 1.807) is 0 Å². The van der Waals surface area contributed by atoms with Gasteiger partial charge in [0.2, 0.25) is 0 Å². The van der Waals surface area contributed by atoms with E-state index in [0.717, 1.165) is 6.26 Å². The molecule has 0 aliphatic rings. The molecule has 0 bridgehead atoms. The van der Waals surface area contributed by atoms with Crippen molar-refractivity contribution in [2.75, 3.05) is 25.2 Å². The maximum absolute atomic E-state index is 11.4. The number of ether oxygens (including phenoxy) is 1. The van der Waals surface area contributed by atoms with Gasteiger partial charge in [-0.1, -0.05) is 0 Å². The molecule has 5 nitrogen and oxygen atoms in total. The van der Waals surface area contributed by atoms with Crippen LogP contribution in [-0.4, -0.2) is 46.9 Å². The lowest BCUT2D eigenvalue weighted by Gasteiger charge is -2.23. The molecule has 88 valence electrons. The number of esters is 1. The highest BCUT2D eigenvalue weighted by Crippen LogP contribution is 2.12. The van der Waals surface area contributed by atoms with Gasteiger partial charge >= 0.3 is 5.97 Å². The molecule has 0 amide bonds. The van der Waals surface area contributed by atoms with Crippen LogP contribution in [0.2, 0.25) is 0 Å². The van der Waals surface area contributed by atoms with Gasteiger partial charge in [0.05, 0.1) is 19.5 Å². The van der Waals surface area contributed by atoms with Gasteiger partial charge in [0, 0.05) is 0 Å². The molecule has 0 spiro atoms. The van der Waals surface area contributed by atoms with Crippen LogP contribution in [0.5, 0.6) is 0 Å². The fraction of sp³-hybridized carbons (Fsp3) is 0.667. The molecular formula is C9H17NO4S. The Hall–Kier alpha value is -0.560. The van der Waals surface area contributed by atoms with Crippen molar-refractivity contribution in [2.45, 2.75) is 12.0 Å². The van der Waals surface area contributed by atoms with E-state index in [1.165, 1.54) is 17.8 Å². The highest BCUT2D eigenvalue weighted by Gasteiger charge is 2.34. The Balaban J connectivity index is 4.24. The van der Waals surface area contributed by atoms with E-state index in [0.29, 0.717) is 12.2 Å².